The Hall–Kier alpha value is -1.75. The normalized spacial score (nSPS) is 11.0. The predicted octanol–water partition coefficient (Wildman–Crippen LogP) is 2.34. The lowest BCUT2D eigenvalue weighted by atomic mass is 10.4. The van der Waals surface area contributed by atoms with Crippen LogP contribution in [0.25, 0.3) is 0 Å². The van der Waals surface area contributed by atoms with Crippen molar-refractivity contribution in [1.29, 1.82) is 0 Å². The number of nitrogens with zero attached hydrogens (tertiary/aromatic N) is 1. The van der Waals surface area contributed by atoms with Crippen LogP contribution in [-0.4, -0.2) is 11.0 Å². The van der Waals surface area contributed by atoms with E-state index in [1.165, 1.54) is 0 Å². The quantitative estimate of drug-likeness (QED) is 0.834. The van der Waals surface area contributed by atoms with Gasteiger partial charge in [0.1, 0.15) is 12.0 Å². The van der Waals surface area contributed by atoms with Gasteiger partial charge >= 0.3 is 6.08 Å². The minimum atomic E-state index is 0.266. The van der Waals surface area contributed by atoms with Gasteiger partial charge in [0.2, 0.25) is 0 Å². The summed E-state index contributed by atoms with van der Waals surface area (Å²) in [7, 11) is 0. The maximum atomic E-state index is 5.34. The van der Waals surface area contributed by atoms with Crippen molar-refractivity contribution in [3.63, 3.8) is 0 Å². The molecule has 0 radical (unpaired) electrons. The van der Waals surface area contributed by atoms with Gasteiger partial charge in [-0.3, -0.25) is 0 Å². The van der Waals surface area contributed by atoms with E-state index in [9.17, 15) is 0 Å². The zero-order chi connectivity index (χ0) is 12.1. The van der Waals surface area contributed by atoms with E-state index >= 15 is 0 Å². The molecular weight excluding hydrogens is 220 g/mol. The molecule has 2 aromatic heterocycles. The van der Waals surface area contributed by atoms with Crippen molar-refractivity contribution < 1.29 is 13.6 Å². The number of hydrogen-bond donors (Lipinski definition) is 1. The fourth-order valence-electron chi connectivity index (χ4n) is 1.27. The molecule has 0 unspecified atom stereocenters. The number of furan rings is 1. The van der Waals surface area contributed by atoms with Crippen LogP contribution < -0.4 is 10.1 Å². The zero-order valence-electron chi connectivity index (χ0n) is 9.97. The highest BCUT2D eigenvalue weighted by Crippen LogP contribution is 2.12. The van der Waals surface area contributed by atoms with Crippen LogP contribution in [0.4, 0.5) is 0 Å². The Labute approximate surface area is 99.8 Å². The first-order valence-corrected chi connectivity index (χ1v) is 5.57. The minimum absolute atomic E-state index is 0.266. The summed E-state index contributed by atoms with van der Waals surface area (Å²) in [6.07, 6.45) is 3.46. The highest BCUT2D eigenvalue weighted by atomic mass is 16.6. The Morgan fingerprint density at radius 2 is 2.29 bits per heavy atom. The molecule has 0 bridgehead atoms. The van der Waals surface area contributed by atoms with Gasteiger partial charge in [0, 0.05) is 12.6 Å². The van der Waals surface area contributed by atoms with Crippen LogP contribution in [0.15, 0.2) is 33.5 Å². The summed E-state index contributed by atoms with van der Waals surface area (Å²) in [5.41, 5.74) is 0.827. The maximum Gasteiger partial charge on any atom is 0.394 e. The molecule has 0 aliphatic heterocycles. The van der Waals surface area contributed by atoms with Crippen LogP contribution in [0.3, 0.4) is 0 Å². The molecule has 0 spiro atoms. The molecule has 0 saturated heterocycles. The SMILES string of the molecule is CC(C)NCc1coc(OCc2ccco2)n1. The standard InChI is InChI=1S/C12H16N2O3/c1-9(2)13-6-10-7-16-12(14-10)17-8-11-4-3-5-15-11/h3-5,7,9,13H,6,8H2,1-2H3. The molecule has 0 amide bonds. The van der Waals surface area contributed by atoms with Gasteiger partial charge in [0.15, 0.2) is 6.61 Å². The Kier molecular flexibility index (Phi) is 3.82. The number of rotatable bonds is 6. The topological polar surface area (TPSA) is 60.4 Å². The number of nitrogens with one attached hydrogen (secondary N) is 1. The van der Waals surface area contributed by atoms with Crippen LogP contribution >= 0.6 is 0 Å². The highest BCUT2D eigenvalue weighted by Gasteiger charge is 2.06. The summed E-state index contributed by atoms with van der Waals surface area (Å²) >= 11 is 0. The molecule has 2 rings (SSSR count). The van der Waals surface area contributed by atoms with Gasteiger partial charge < -0.3 is 18.9 Å². The molecule has 0 aliphatic rings. The molecule has 1 N–H and O–H groups in total. The zero-order valence-corrected chi connectivity index (χ0v) is 9.97. The lowest BCUT2D eigenvalue weighted by molar-refractivity contribution is 0.200. The molecule has 92 valence electrons. The van der Waals surface area contributed by atoms with Crippen molar-refractivity contribution in [2.45, 2.75) is 33.0 Å². The van der Waals surface area contributed by atoms with Crippen molar-refractivity contribution in [3.05, 3.63) is 36.1 Å². The smallest absolute Gasteiger partial charge is 0.394 e. The highest BCUT2D eigenvalue weighted by molar-refractivity contribution is 5.01. The second-order valence-electron chi connectivity index (χ2n) is 4.01. The summed E-state index contributed by atoms with van der Waals surface area (Å²) in [6, 6.07) is 4.07. The van der Waals surface area contributed by atoms with E-state index in [0.717, 1.165) is 11.5 Å². The monoisotopic (exact) mass is 236 g/mol. The molecule has 17 heavy (non-hydrogen) atoms. The summed E-state index contributed by atoms with van der Waals surface area (Å²) in [5, 5.41) is 3.25. The van der Waals surface area contributed by atoms with E-state index in [1.807, 2.05) is 12.1 Å². The largest absolute Gasteiger partial charge is 0.466 e. The van der Waals surface area contributed by atoms with Crippen molar-refractivity contribution in [1.82, 2.24) is 10.3 Å². The number of oxazole rings is 1. The summed E-state index contributed by atoms with van der Waals surface area (Å²) in [4.78, 5) is 4.19. The first kappa shape index (κ1) is 11.7. The molecule has 5 nitrogen and oxygen atoms in total. The maximum absolute atomic E-state index is 5.34. The first-order valence-electron chi connectivity index (χ1n) is 5.57. The summed E-state index contributed by atoms with van der Waals surface area (Å²) in [6.45, 7) is 5.15. The van der Waals surface area contributed by atoms with Crippen molar-refractivity contribution in [2.75, 3.05) is 0 Å². The van der Waals surface area contributed by atoms with Gasteiger partial charge in [-0.2, -0.15) is 4.98 Å². The van der Waals surface area contributed by atoms with E-state index in [-0.39, 0.29) is 6.08 Å². The third-order valence-electron chi connectivity index (χ3n) is 2.14. The van der Waals surface area contributed by atoms with E-state index in [0.29, 0.717) is 19.2 Å². The fourth-order valence-corrected chi connectivity index (χ4v) is 1.27. The summed E-state index contributed by atoms with van der Waals surface area (Å²) < 4.78 is 15.7. The van der Waals surface area contributed by atoms with Gasteiger partial charge in [-0.15, -0.1) is 0 Å². The molecule has 0 fully saturated rings. The van der Waals surface area contributed by atoms with Gasteiger partial charge in [-0.1, -0.05) is 13.8 Å². The second-order valence-corrected chi connectivity index (χ2v) is 4.01. The van der Waals surface area contributed by atoms with Gasteiger partial charge in [0.25, 0.3) is 0 Å². The second kappa shape index (κ2) is 5.54. The van der Waals surface area contributed by atoms with Gasteiger partial charge in [-0.25, -0.2) is 0 Å². The molecule has 0 aromatic carbocycles. The van der Waals surface area contributed by atoms with Crippen LogP contribution in [-0.2, 0) is 13.2 Å². The number of hydrogen-bond acceptors (Lipinski definition) is 5. The van der Waals surface area contributed by atoms with E-state index < -0.39 is 0 Å². The predicted molar refractivity (Wildman–Crippen MR) is 61.5 cm³/mol. The van der Waals surface area contributed by atoms with Gasteiger partial charge in [-0.05, 0) is 12.1 Å². The van der Waals surface area contributed by atoms with E-state index in [2.05, 4.69) is 24.1 Å². The van der Waals surface area contributed by atoms with E-state index in [1.54, 1.807) is 12.5 Å². The van der Waals surface area contributed by atoms with Crippen LogP contribution in [0.2, 0.25) is 0 Å². The lowest BCUT2D eigenvalue weighted by Gasteiger charge is -2.03. The average molecular weight is 236 g/mol. The Bertz CT molecular complexity index is 434. The summed E-state index contributed by atoms with van der Waals surface area (Å²) in [5.74, 6) is 0.741. The van der Waals surface area contributed by atoms with Crippen LogP contribution in [0.5, 0.6) is 6.08 Å². The molecule has 2 aromatic rings. The van der Waals surface area contributed by atoms with Crippen LogP contribution in [0, 0.1) is 0 Å². The van der Waals surface area contributed by atoms with Crippen molar-refractivity contribution in [2.24, 2.45) is 0 Å². The molecule has 2 heterocycles. The lowest BCUT2D eigenvalue weighted by Crippen LogP contribution is -2.21. The Morgan fingerprint density at radius 3 is 3.00 bits per heavy atom. The average Bonchev–Trinajstić information content (AvgIpc) is 2.95. The third-order valence-corrected chi connectivity index (χ3v) is 2.14. The van der Waals surface area contributed by atoms with Crippen LogP contribution in [0.1, 0.15) is 25.3 Å². The third kappa shape index (κ3) is 3.64. The minimum Gasteiger partial charge on any atom is -0.466 e. The molecule has 0 aliphatic carbocycles. The Balaban J connectivity index is 1.81. The van der Waals surface area contributed by atoms with E-state index in [4.69, 9.17) is 13.6 Å². The molecular formula is C12H16N2O3. The molecule has 0 saturated carbocycles. The van der Waals surface area contributed by atoms with Gasteiger partial charge in [0.05, 0.1) is 12.0 Å². The fraction of sp³-hybridized carbons (Fsp3) is 0.417. The Morgan fingerprint density at radius 1 is 1.41 bits per heavy atom. The van der Waals surface area contributed by atoms with Crippen molar-refractivity contribution in [3.8, 4) is 6.08 Å². The molecule has 0 atom stereocenters. The first-order chi connectivity index (χ1) is 8.24. The number of aromatic nitrogens is 1. The molecule has 5 heteroatoms. The van der Waals surface area contributed by atoms with Crippen molar-refractivity contribution >= 4 is 0 Å². The number of ether oxygens (including phenoxy) is 1.